The monoisotopic (exact) mass is 345 g/mol. The van der Waals surface area contributed by atoms with Crippen LogP contribution >= 0.6 is 0 Å². The molecule has 1 amide bonds. The molecule has 0 saturated carbocycles. The zero-order valence-corrected chi connectivity index (χ0v) is 14.1. The molecule has 1 N–H and O–H groups in total. The molecule has 2 rings (SSSR count). The molecule has 25 heavy (non-hydrogen) atoms. The first-order valence-electron chi connectivity index (χ1n) is 7.89. The van der Waals surface area contributed by atoms with Gasteiger partial charge in [0, 0.05) is 6.54 Å². The maximum absolute atomic E-state index is 12.8. The number of hydrogen-bond donors (Lipinski definition) is 1. The van der Waals surface area contributed by atoms with Gasteiger partial charge >= 0.3 is 5.97 Å². The van der Waals surface area contributed by atoms with Gasteiger partial charge in [-0.15, -0.1) is 0 Å². The molecule has 0 atom stereocenters. The van der Waals surface area contributed by atoms with E-state index in [-0.39, 0.29) is 24.4 Å². The summed E-state index contributed by atoms with van der Waals surface area (Å²) in [4.78, 5) is 23.5. The molecular formula is C19H20FNO4. The Bertz CT molecular complexity index is 711. The van der Waals surface area contributed by atoms with Crippen LogP contribution in [-0.2, 0) is 16.1 Å². The lowest BCUT2D eigenvalue weighted by molar-refractivity contribution is -0.123. The number of esters is 1. The summed E-state index contributed by atoms with van der Waals surface area (Å²) >= 11 is 0. The molecule has 2 aromatic carbocycles. The minimum atomic E-state index is -0.404. The van der Waals surface area contributed by atoms with Crippen molar-refractivity contribution in [1.29, 1.82) is 0 Å². The number of carbonyl (C=O) groups is 2. The van der Waals surface area contributed by atoms with Crippen molar-refractivity contribution in [1.82, 2.24) is 5.32 Å². The lowest BCUT2D eigenvalue weighted by Gasteiger charge is -2.09. The van der Waals surface area contributed by atoms with Crippen LogP contribution in [0, 0.1) is 5.82 Å². The van der Waals surface area contributed by atoms with Gasteiger partial charge in [0.15, 0.2) is 6.61 Å². The summed E-state index contributed by atoms with van der Waals surface area (Å²) in [5, 5.41) is 2.68. The van der Waals surface area contributed by atoms with E-state index in [0.717, 1.165) is 5.56 Å². The molecule has 0 unspecified atom stereocenters. The Kier molecular flexibility index (Phi) is 6.51. The Morgan fingerprint density at radius 2 is 1.68 bits per heavy atom. The van der Waals surface area contributed by atoms with Gasteiger partial charge in [-0.25, -0.2) is 9.18 Å². The molecule has 5 nitrogen and oxygen atoms in total. The van der Waals surface area contributed by atoms with Crippen LogP contribution in [0.15, 0.2) is 48.5 Å². The Hall–Kier alpha value is -2.89. The second-order valence-corrected chi connectivity index (χ2v) is 5.67. The van der Waals surface area contributed by atoms with Crippen molar-refractivity contribution < 1.29 is 23.5 Å². The topological polar surface area (TPSA) is 64.6 Å². The van der Waals surface area contributed by atoms with Crippen LogP contribution in [0.5, 0.6) is 5.75 Å². The van der Waals surface area contributed by atoms with Gasteiger partial charge < -0.3 is 14.8 Å². The highest BCUT2D eigenvalue weighted by atomic mass is 19.1. The first-order valence-corrected chi connectivity index (χ1v) is 7.89. The third-order valence-electron chi connectivity index (χ3n) is 3.21. The molecule has 0 bridgehead atoms. The van der Waals surface area contributed by atoms with Gasteiger partial charge in [-0.2, -0.15) is 0 Å². The number of nitrogens with one attached hydrogen (secondary N) is 1. The molecule has 0 spiro atoms. The standard InChI is InChI=1S/C19H20FNO4/c1-13(2)25-19(23)15-5-9-17(10-6-15)24-12-18(22)21-11-14-3-7-16(20)8-4-14/h3-10,13H,11-12H2,1-2H3,(H,21,22). The molecular weight excluding hydrogens is 325 g/mol. The quantitative estimate of drug-likeness (QED) is 0.783. The first kappa shape index (κ1) is 18.4. The smallest absolute Gasteiger partial charge is 0.338 e. The minimum Gasteiger partial charge on any atom is -0.484 e. The van der Waals surface area contributed by atoms with Crippen LogP contribution in [-0.4, -0.2) is 24.6 Å². The second kappa shape index (κ2) is 8.82. The summed E-state index contributed by atoms with van der Waals surface area (Å²) in [5.74, 6) is -0.552. The van der Waals surface area contributed by atoms with E-state index in [9.17, 15) is 14.0 Å². The van der Waals surface area contributed by atoms with E-state index in [0.29, 0.717) is 17.9 Å². The van der Waals surface area contributed by atoms with Crippen molar-refractivity contribution in [2.24, 2.45) is 0 Å². The zero-order chi connectivity index (χ0) is 18.2. The average Bonchev–Trinajstić information content (AvgIpc) is 2.59. The molecule has 0 heterocycles. The molecule has 0 aliphatic rings. The summed E-state index contributed by atoms with van der Waals surface area (Å²) in [6, 6.07) is 12.2. The molecule has 0 saturated heterocycles. The van der Waals surface area contributed by atoms with E-state index < -0.39 is 5.97 Å². The summed E-state index contributed by atoms with van der Waals surface area (Å²) in [5.41, 5.74) is 1.21. The van der Waals surface area contributed by atoms with E-state index in [4.69, 9.17) is 9.47 Å². The van der Waals surface area contributed by atoms with Gasteiger partial charge in [0.25, 0.3) is 5.91 Å². The lowest BCUT2D eigenvalue weighted by Crippen LogP contribution is -2.28. The predicted octanol–water partition coefficient (Wildman–Crippen LogP) is 3.09. The van der Waals surface area contributed by atoms with Crippen LogP contribution in [0.1, 0.15) is 29.8 Å². The zero-order valence-electron chi connectivity index (χ0n) is 14.1. The summed E-state index contributed by atoms with van der Waals surface area (Å²) in [6.07, 6.45) is -0.187. The molecule has 6 heteroatoms. The summed E-state index contributed by atoms with van der Waals surface area (Å²) in [6.45, 7) is 3.69. The molecule has 0 aromatic heterocycles. The highest BCUT2D eigenvalue weighted by molar-refractivity contribution is 5.89. The van der Waals surface area contributed by atoms with Crippen molar-refractivity contribution >= 4 is 11.9 Å². The number of halogens is 1. The fourth-order valence-corrected chi connectivity index (χ4v) is 1.97. The van der Waals surface area contributed by atoms with Crippen molar-refractivity contribution in [2.75, 3.05) is 6.61 Å². The van der Waals surface area contributed by atoms with Gasteiger partial charge in [0.05, 0.1) is 11.7 Å². The van der Waals surface area contributed by atoms with Crippen LogP contribution in [0.2, 0.25) is 0 Å². The number of amides is 1. The van der Waals surface area contributed by atoms with E-state index in [1.54, 1.807) is 50.2 Å². The van der Waals surface area contributed by atoms with Crippen molar-refractivity contribution in [3.63, 3.8) is 0 Å². The highest BCUT2D eigenvalue weighted by Gasteiger charge is 2.09. The fourth-order valence-electron chi connectivity index (χ4n) is 1.97. The molecule has 0 radical (unpaired) electrons. The van der Waals surface area contributed by atoms with Crippen molar-refractivity contribution in [2.45, 2.75) is 26.5 Å². The van der Waals surface area contributed by atoms with Crippen LogP contribution in [0.3, 0.4) is 0 Å². The fraction of sp³-hybridized carbons (Fsp3) is 0.263. The summed E-state index contributed by atoms with van der Waals surface area (Å²) < 4.78 is 23.3. The second-order valence-electron chi connectivity index (χ2n) is 5.67. The maximum Gasteiger partial charge on any atom is 0.338 e. The number of rotatable bonds is 7. The van der Waals surface area contributed by atoms with Crippen molar-refractivity contribution in [3.8, 4) is 5.75 Å². The Balaban J connectivity index is 1.77. The lowest BCUT2D eigenvalue weighted by atomic mass is 10.2. The first-order chi connectivity index (χ1) is 11.9. The molecule has 0 aliphatic carbocycles. The average molecular weight is 345 g/mol. The number of carbonyl (C=O) groups excluding carboxylic acids is 2. The molecule has 132 valence electrons. The highest BCUT2D eigenvalue weighted by Crippen LogP contribution is 2.13. The Labute approximate surface area is 145 Å². The number of benzene rings is 2. The Morgan fingerprint density at radius 3 is 2.28 bits per heavy atom. The maximum atomic E-state index is 12.8. The van der Waals surface area contributed by atoms with Crippen LogP contribution in [0.4, 0.5) is 4.39 Å². The van der Waals surface area contributed by atoms with Gasteiger partial charge in [-0.1, -0.05) is 12.1 Å². The Morgan fingerprint density at radius 1 is 1.04 bits per heavy atom. The SMILES string of the molecule is CC(C)OC(=O)c1ccc(OCC(=O)NCc2ccc(F)cc2)cc1. The third kappa shape index (κ3) is 6.25. The van der Waals surface area contributed by atoms with Crippen LogP contribution in [0.25, 0.3) is 0 Å². The van der Waals surface area contributed by atoms with Gasteiger partial charge in [0.2, 0.25) is 0 Å². The minimum absolute atomic E-state index is 0.156. The molecule has 0 aliphatic heterocycles. The predicted molar refractivity (Wildman–Crippen MR) is 90.7 cm³/mol. The van der Waals surface area contributed by atoms with E-state index in [1.165, 1.54) is 12.1 Å². The number of ether oxygens (including phenoxy) is 2. The molecule has 0 fully saturated rings. The van der Waals surface area contributed by atoms with Crippen LogP contribution < -0.4 is 10.1 Å². The van der Waals surface area contributed by atoms with E-state index >= 15 is 0 Å². The summed E-state index contributed by atoms with van der Waals surface area (Å²) in [7, 11) is 0. The van der Waals surface area contributed by atoms with E-state index in [2.05, 4.69) is 5.32 Å². The van der Waals surface area contributed by atoms with Gasteiger partial charge in [0.1, 0.15) is 11.6 Å². The largest absolute Gasteiger partial charge is 0.484 e. The number of hydrogen-bond acceptors (Lipinski definition) is 4. The van der Waals surface area contributed by atoms with Crippen molar-refractivity contribution in [3.05, 3.63) is 65.5 Å². The van der Waals surface area contributed by atoms with E-state index in [1.807, 2.05) is 0 Å². The molecule has 2 aromatic rings. The van der Waals surface area contributed by atoms with Gasteiger partial charge in [-0.3, -0.25) is 4.79 Å². The normalized spacial score (nSPS) is 10.4. The third-order valence-corrected chi connectivity index (χ3v) is 3.21. The van der Waals surface area contributed by atoms with Gasteiger partial charge in [-0.05, 0) is 55.8 Å².